The number of alkyl halides is 3. The van der Waals surface area contributed by atoms with Crippen LogP contribution < -0.4 is 10.2 Å². The van der Waals surface area contributed by atoms with Crippen LogP contribution in [0.4, 0.5) is 24.8 Å². The molecule has 0 aromatic carbocycles. The van der Waals surface area contributed by atoms with Crippen LogP contribution >= 0.6 is 0 Å². The van der Waals surface area contributed by atoms with E-state index in [0.29, 0.717) is 6.54 Å². The SMILES string of the molecule is CNc1cc(C(F)(F)F)cc(N2CCOC(C#N)C2)n1. The van der Waals surface area contributed by atoms with Gasteiger partial charge in [-0.2, -0.15) is 18.4 Å². The van der Waals surface area contributed by atoms with Gasteiger partial charge in [0, 0.05) is 13.6 Å². The highest BCUT2D eigenvalue weighted by Gasteiger charge is 2.32. The first kappa shape index (κ1) is 14.4. The molecule has 8 heteroatoms. The maximum atomic E-state index is 12.8. The van der Waals surface area contributed by atoms with E-state index < -0.39 is 17.8 Å². The zero-order valence-corrected chi connectivity index (χ0v) is 10.7. The second-order valence-corrected chi connectivity index (χ2v) is 4.28. The van der Waals surface area contributed by atoms with Gasteiger partial charge in [0.1, 0.15) is 11.6 Å². The molecular weight excluding hydrogens is 273 g/mol. The first-order chi connectivity index (χ1) is 9.44. The maximum Gasteiger partial charge on any atom is 0.416 e. The molecule has 1 saturated heterocycles. The number of nitriles is 1. The molecule has 0 amide bonds. The highest BCUT2D eigenvalue weighted by molar-refractivity contribution is 5.51. The Kier molecular flexibility index (Phi) is 3.99. The molecule has 1 fully saturated rings. The lowest BCUT2D eigenvalue weighted by atomic mass is 10.2. The van der Waals surface area contributed by atoms with Crippen LogP contribution in [0.1, 0.15) is 5.56 Å². The molecule has 1 unspecified atom stereocenters. The lowest BCUT2D eigenvalue weighted by Gasteiger charge is -2.31. The molecule has 20 heavy (non-hydrogen) atoms. The van der Waals surface area contributed by atoms with E-state index in [1.807, 2.05) is 6.07 Å². The van der Waals surface area contributed by atoms with Crippen LogP contribution in [-0.4, -0.2) is 37.8 Å². The van der Waals surface area contributed by atoms with E-state index in [0.717, 1.165) is 12.1 Å². The van der Waals surface area contributed by atoms with Crippen LogP contribution in [0.25, 0.3) is 0 Å². The number of hydrogen-bond donors (Lipinski definition) is 1. The molecule has 5 nitrogen and oxygen atoms in total. The molecular formula is C12H13F3N4O. The lowest BCUT2D eigenvalue weighted by Crippen LogP contribution is -2.42. The van der Waals surface area contributed by atoms with Crippen molar-refractivity contribution in [3.05, 3.63) is 17.7 Å². The van der Waals surface area contributed by atoms with Gasteiger partial charge in [0.25, 0.3) is 0 Å². The summed E-state index contributed by atoms with van der Waals surface area (Å²) in [6.45, 7) is 0.884. The Morgan fingerprint density at radius 2 is 2.25 bits per heavy atom. The minimum absolute atomic E-state index is 0.134. The van der Waals surface area contributed by atoms with Gasteiger partial charge in [-0.1, -0.05) is 0 Å². The number of morpholine rings is 1. The molecule has 1 aromatic rings. The van der Waals surface area contributed by atoms with Crippen molar-refractivity contribution in [2.75, 3.05) is 37.0 Å². The maximum absolute atomic E-state index is 12.8. The summed E-state index contributed by atoms with van der Waals surface area (Å²) in [5, 5.41) is 11.4. The topological polar surface area (TPSA) is 61.2 Å². The van der Waals surface area contributed by atoms with Crippen molar-refractivity contribution in [2.24, 2.45) is 0 Å². The van der Waals surface area contributed by atoms with E-state index >= 15 is 0 Å². The van der Waals surface area contributed by atoms with E-state index in [1.165, 1.54) is 7.05 Å². The lowest BCUT2D eigenvalue weighted by molar-refractivity contribution is -0.137. The molecule has 1 atom stereocenters. The minimum atomic E-state index is -4.44. The average Bonchev–Trinajstić information content (AvgIpc) is 2.46. The van der Waals surface area contributed by atoms with Gasteiger partial charge in [0.05, 0.1) is 24.8 Å². The van der Waals surface area contributed by atoms with Gasteiger partial charge in [0.2, 0.25) is 0 Å². The largest absolute Gasteiger partial charge is 0.416 e. The third-order valence-corrected chi connectivity index (χ3v) is 2.93. The number of anilines is 2. The van der Waals surface area contributed by atoms with Crippen molar-refractivity contribution in [3.8, 4) is 6.07 Å². The van der Waals surface area contributed by atoms with Crippen molar-refractivity contribution in [3.63, 3.8) is 0 Å². The van der Waals surface area contributed by atoms with Crippen molar-refractivity contribution < 1.29 is 17.9 Å². The van der Waals surface area contributed by atoms with Gasteiger partial charge in [0.15, 0.2) is 6.10 Å². The second-order valence-electron chi connectivity index (χ2n) is 4.28. The molecule has 2 rings (SSSR count). The fourth-order valence-corrected chi connectivity index (χ4v) is 1.91. The number of pyridine rings is 1. The molecule has 2 heterocycles. The van der Waals surface area contributed by atoms with Gasteiger partial charge < -0.3 is 15.0 Å². The molecule has 0 bridgehead atoms. The Balaban J connectivity index is 2.33. The number of rotatable bonds is 2. The standard InChI is InChI=1S/C12H13F3N4O/c1-17-10-4-8(12(13,14)15)5-11(18-10)19-2-3-20-9(6-16)7-19/h4-5,9H,2-3,7H2,1H3,(H,17,18). The fraction of sp³-hybridized carbons (Fsp3) is 0.500. The first-order valence-corrected chi connectivity index (χ1v) is 5.97. The van der Waals surface area contributed by atoms with Crippen LogP contribution in [0, 0.1) is 11.3 Å². The predicted molar refractivity (Wildman–Crippen MR) is 66.4 cm³/mol. The molecule has 0 saturated carbocycles. The smallest absolute Gasteiger partial charge is 0.373 e. The summed E-state index contributed by atoms with van der Waals surface area (Å²) in [5.74, 6) is 0.322. The van der Waals surface area contributed by atoms with Crippen LogP contribution in [0.15, 0.2) is 12.1 Å². The Bertz CT molecular complexity index is 526. The molecule has 0 aliphatic carbocycles. The predicted octanol–water partition coefficient (Wildman–Crippen LogP) is 1.87. The highest BCUT2D eigenvalue weighted by Crippen LogP contribution is 2.33. The van der Waals surface area contributed by atoms with Gasteiger partial charge >= 0.3 is 6.18 Å². The number of halogens is 3. The Morgan fingerprint density at radius 1 is 1.50 bits per heavy atom. The summed E-state index contributed by atoms with van der Waals surface area (Å²) < 4.78 is 43.7. The summed E-state index contributed by atoms with van der Waals surface area (Å²) in [4.78, 5) is 5.73. The van der Waals surface area contributed by atoms with E-state index in [9.17, 15) is 13.2 Å². The zero-order chi connectivity index (χ0) is 14.8. The third kappa shape index (κ3) is 3.11. The fourth-order valence-electron chi connectivity index (χ4n) is 1.91. The molecule has 0 radical (unpaired) electrons. The minimum Gasteiger partial charge on any atom is -0.373 e. The molecule has 1 N–H and O–H groups in total. The summed E-state index contributed by atoms with van der Waals surface area (Å²) >= 11 is 0. The van der Waals surface area contributed by atoms with Gasteiger partial charge in [-0.15, -0.1) is 0 Å². The Labute approximate surface area is 114 Å². The summed E-state index contributed by atoms with van der Waals surface area (Å²) in [5.41, 5.74) is -0.771. The van der Waals surface area contributed by atoms with Crippen molar-refractivity contribution >= 4 is 11.6 Å². The van der Waals surface area contributed by atoms with E-state index in [4.69, 9.17) is 10.00 Å². The number of nitrogens with zero attached hydrogens (tertiary/aromatic N) is 3. The van der Waals surface area contributed by atoms with Crippen LogP contribution in [0.5, 0.6) is 0 Å². The number of aromatic nitrogens is 1. The molecule has 108 valence electrons. The first-order valence-electron chi connectivity index (χ1n) is 5.97. The van der Waals surface area contributed by atoms with E-state index in [2.05, 4.69) is 10.3 Å². The van der Waals surface area contributed by atoms with Crippen molar-refractivity contribution in [1.29, 1.82) is 5.26 Å². The van der Waals surface area contributed by atoms with Crippen LogP contribution in [-0.2, 0) is 10.9 Å². The van der Waals surface area contributed by atoms with Crippen molar-refractivity contribution in [2.45, 2.75) is 12.3 Å². The zero-order valence-electron chi connectivity index (χ0n) is 10.7. The normalized spacial score (nSPS) is 19.6. The average molecular weight is 286 g/mol. The number of nitrogens with one attached hydrogen (secondary N) is 1. The number of hydrogen-bond acceptors (Lipinski definition) is 5. The van der Waals surface area contributed by atoms with Crippen LogP contribution in [0.2, 0.25) is 0 Å². The second kappa shape index (κ2) is 5.54. The van der Waals surface area contributed by atoms with E-state index in [-0.39, 0.29) is 24.8 Å². The van der Waals surface area contributed by atoms with Crippen molar-refractivity contribution in [1.82, 2.24) is 4.98 Å². The molecule has 1 aliphatic rings. The number of ether oxygens (including phenoxy) is 1. The molecule has 0 spiro atoms. The van der Waals surface area contributed by atoms with Gasteiger partial charge in [-0.3, -0.25) is 0 Å². The Morgan fingerprint density at radius 3 is 2.85 bits per heavy atom. The molecule has 1 aromatic heterocycles. The summed E-state index contributed by atoms with van der Waals surface area (Å²) in [7, 11) is 1.50. The summed E-state index contributed by atoms with van der Waals surface area (Å²) in [6, 6.07) is 3.88. The summed E-state index contributed by atoms with van der Waals surface area (Å²) in [6.07, 6.45) is -5.09. The van der Waals surface area contributed by atoms with Crippen LogP contribution in [0.3, 0.4) is 0 Å². The van der Waals surface area contributed by atoms with Gasteiger partial charge in [-0.05, 0) is 12.1 Å². The monoisotopic (exact) mass is 286 g/mol. The van der Waals surface area contributed by atoms with E-state index in [1.54, 1.807) is 4.90 Å². The molecule has 1 aliphatic heterocycles. The highest BCUT2D eigenvalue weighted by atomic mass is 19.4. The third-order valence-electron chi connectivity index (χ3n) is 2.93. The van der Waals surface area contributed by atoms with Gasteiger partial charge in [-0.25, -0.2) is 4.98 Å². The Hall–Kier alpha value is -2.01. The quantitative estimate of drug-likeness (QED) is 0.899.